The number of fused-ring (bicyclic) bond motifs is 3. The molecular formula is C15H9BrF3NO3S. The van der Waals surface area contributed by atoms with Crippen LogP contribution in [-0.2, 0) is 17.0 Å². The molecule has 3 aliphatic rings. The number of hydrogen-bond donors (Lipinski definition) is 2. The van der Waals surface area contributed by atoms with Crippen LogP contribution in [-0.4, -0.2) is 26.9 Å². The average Bonchev–Trinajstić information content (AvgIpc) is 3.09. The number of benzene rings is 1. The molecule has 9 heteroatoms. The summed E-state index contributed by atoms with van der Waals surface area (Å²) in [4.78, 5) is 1.86. The van der Waals surface area contributed by atoms with Gasteiger partial charge in [0.15, 0.2) is 12.5 Å². The summed E-state index contributed by atoms with van der Waals surface area (Å²) in [5.74, 6) is 0. The first-order chi connectivity index (χ1) is 11.2. The molecule has 1 aromatic carbocycles. The van der Waals surface area contributed by atoms with Gasteiger partial charge in [-0.3, -0.25) is 0 Å². The monoisotopic (exact) mass is 419 g/mol. The minimum atomic E-state index is -4.58. The van der Waals surface area contributed by atoms with Gasteiger partial charge in [-0.25, -0.2) is 4.21 Å². The lowest BCUT2D eigenvalue weighted by atomic mass is 10.0. The zero-order valence-electron chi connectivity index (χ0n) is 11.7. The predicted octanol–water partition coefficient (Wildman–Crippen LogP) is 2.77. The molecule has 0 saturated carbocycles. The van der Waals surface area contributed by atoms with E-state index in [1.54, 1.807) is 12.2 Å². The quantitative estimate of drug-likeness (QED) is 0.734. The molecule has 24 heavy (non-hydrogen) atoms. The second kappa shape index (κ2) is 5.04. The van der Waals surface area contributed by atoms with Crippen LogP contribution in [0.3, 0.4) is 0 Å². The van der Waals surface area contributed by atoms with Crippen LogP contribution >= 0.6 is 15.9 Å². The maximum absolute atomic E-state index is 13.1. The highest BCUT2D eigenvalue weighted by Gasteiger charge is 2.49. The molecule has 0 amide bonds. The lowest BCUT2D eigenvalue weighted by Crippen LogP contribution is -2.37. The van der Waals surface area contributed by atoms with Gasteiger partial charge in [-0.15, -0.1) is 0 Å². The third kappa shape index (κ3) is 2.01. The maximum atomic E-state index is 13.1. The molecule has 1 aromatic rings. The third-order valence-electron chi connectivity index (χ3n) is 4.20. The van der Waals surface area contributed by atoms with Crippen molar-refractivity contribution >= 4 is 32.4 Å². The van der Waals surface area contributed by atoms with Crippen LogP contribution in [0, 0.1) is 0 Å². The molecule has 0 radical (unpaired) electrons. The molecule has 0 spiro atoms. The standard InChI is InChI=1S/C15H9BrF3NO3S/c16-8-2-1-6(5-7(8)15(17,18)19)20-13(21)11-9-3-4-10(24(9)23)12(11)14(20)22/h1-5,13-14,21-22H. The number of aliphatic hydroxyl groups excluding tert-OH is 2. The van der Waals surface area contributed by atoms with E-state index in [1.807, 2.05) is 0 Å². The van der Waals surface area contributed by atoms with Crippen LogP contribution in [0.5, 0.6) is 0 Å². The Morgan fingerprint density at radius 1 is 1.08 bits per heavy atom. The summed E-state index contributed by atoms with van der Waals surface area (Å²) in [5.41, 5.74) is -0.257. The van der Waals surface area contributed by atoms with Crippen molar-refractivity contribution in [2.45, 2.75) is 18.6 Å². The molecule has 2 atom stereocenters. The molecule has 4 rings (SSSR count). The van der Waals surface area contributed by atoms with Gasteiger partial charge in [-0.05, 0) is 30.4 Å². The predicted molar refractivity (Wildman–Crippen MR) is 85.0 cm³/mol. The largest absolute Gasteiger partial charge is 0.417 e. The van der Waals surface area contributed by atoms with Crippen LogP contribution in [0.15, 0.2) is 55.8 Å². The van der Waals surface area contributed by atoms with Crippen molar-refractivity contribution in [3.63, 3.8) is 0 Å². The van der Waals surface area contributed by atoms with E-state index < -0.39 is 35.0 Å². The number of aliphatic hydroxyl groups is 2. The summed E-state index contributed by atoms with van der Waals surface area (Å²) in [6.45, 7) is 0. The fraction of sp³-hybridized carbons (Fsp3) is 0.200. The molecule has 2 unspecified atom stereocenters. The fourth-order valence-electron chi connectivity index (χ4n) is 3.16. The van der Waals surface area contributed by atoms with E-state index in [9.17, 15) is 27.6 Å². The molecule has 2 bridgehead atoms. The SMILES string of the molecule is O=S1C2=C3C(=C1C=C2)C(O)N(c1ccc(Br)c(C(F)(F)F)c1)C3O. The normalized spacial score (nSPS) is 28.4. The summed E-state index contributed by atoms with van der Waals surface area (Å²) in [7, 11) is -1.43. The number of hydrogen-bond acceptors (Lipinski definition) is 4. The number of halogens is 4. The van der Waals surface area contributed by atoms with Crippen molar-refractivity contribution in [2.24, 2.45) is 0 Å². The zero-order valence-corrected chi connectivity index (χ0v) is 14.1. The first-order valence-electron chi connectivity index (χ1n) is 6.81. The number of rotatable bonds is 1. The average molecular weight is 420 g/mol. The van der Waals surface area contributed by atoms with Gasteiger partial charge in [0.2, 0.25) is 0 Å². The van der Waals surface area contributed by atoms with E-state index in [1.165, 1.54) is 12.1 Å². The van der Waals surface area contributed by atoms with E-state index in [2.05, 4.69) is 15.9 Å². The fourth-order valence-corrected chi connectivity index (χ4v) is 5.08. The maximum Gasteiger partial charge on any atom is 0.417 e. The van der Waals surface area contributed by atoms with Crippen molar-refractivity contribution in [3.05, 3.63) is 61.3 Å². The van der Waals surface area contributed by atoms with E-state index >= 15 is 0 Å². The number of nitrogens with zero attached hydrogens (tertiary/aromatic N) is 1. The minimum Gasteiger partial charge on any atom is -0.369 e. The Kier molecular flexibility index (Phi) is 3.38. The Labute approximate surface area is 145 Å². The van der Waals surface area contributed by atoms with Gasteiger partial charge in [-0.2, -0.15) is 13.2 Å². The smallest absolute Gasteiger partial charge is 0.369 e. The van der Waals surface area contributed by atoms with Crippen molar-refractivity contribution in [3.8, 4) is 0 Å². The van der Waals surface area contributed by atoms with Gasteiger partial charge in [-0.1, -0.05) is 15.9 Å². The van der Waals surface area contributed by atoms with E-state index in [0.717, 1.165) is 11.0 Å². The Hall–Kier alpha value is -1.42. The minimum absolute atomic E-state index is 0.0197. The lowest BCUT2D eigenvalue weighted by Gasteiger charge is -2.27. The van der Waals surface area contributed by atoms with Crippen LogP contribution in [0.25, 0.3) is 0 Å². The van der Waals surface area contributed by atoms with Crippen molar-refractivity contribution < 1.29 is 27.6 Å². The van der Waals surface area contributed by atoms with Gasteiger partial charge >= 0.3 is 6.18 Å². The topological polar surface area (TPSA) is 60.8 Å². The third-order valence-corrected chi connectivity index (χ3v) is 6.41. The number of anilines is 1. The molecule has 3 heterocycles. The number of allylic oxidation sites excluding steroid dienone is 2. The van der Waals surface area contributed by atoms with Crippen molar-refractivity contribution in [2.75, 3.05) is 4.90 Å². The molecule has 1 saturated heterocycles. The second-order valence-corrected chi connectivity index (χ2v) is 7.75. The van der Waals surface area contributed by atoms with Crippen LogP contribution in [0.2, 0.25) is 0 Å². The molecule has 0 aliphatic carbocycles. The van der Waals surface area contributed by atoms with Gasteiger partial charge in [0, 0.05) is 21.3 Å². The van der Waals surface area contributed by atoms with Crippen LogP contribution < -0.4 is 4.90 Å². The van der Waals surface area contributed by atoms with E-state index in [-0.39, 0.29) is 10.2 Å². The Morgan fingerprint density at radius 3 is 2.12 bits per heavy atom. The molecule has 4 nitrogen and oxygen atoms in total. The Balaban J connectivity index is 1.82. The van der Waals surface area contributed by atoms with Crippen molar-refractivity contribution in [1.82, 2.24) is 0 Å². The van der Waals surface area contributed by atoms with E-state index in [0.29, 0.717) is 21.0 Å². The second-order valence-electron chi connectivity index (χ2n) is 5.47. The molecular weight excluding hydrogens is 411 g/mol. The van der Waals surface area contributed by atoms with Gasteiger partial charge in [0.1, 0.15) is 0 Å². The van der Waals surface area contributed by atoms with Crippen LogP contribution in [0.1, 0.15) is 5.56 Å². The molecule has 0 aromatic heterocycles. The first-order valence-corrected chi connectivity index (χ1v) is 8.76. The molecule has 3 aliphatic heterocycles. The summed E-state index contributed by atoms with van der Waals surface area (Å²) in [6, 6.07) is 3.45. The zero-order chi connectivity index (χ0) is 17.4. The first kappa shape index (κ1) is 16.1. The summed E-state index contributed by atoms with van der Waals surface area (Å²) in [6.07, 6.45) is -4.12. The Bertz CT molecular complexity index is 852. The summed E-state index contributed by atoms with van der Waals surface area (Å²) in [5, 5.41) is 21.0. The summed E-state index contributed by atoms with van der Waals surface area (Å²) < 4.78 is 51.2. The Morgan fingerprint density at radius 2 is 1.62 bits per heavy atom. The summed E-state index contributed by atoms with van der Waals surface area (Å²) >= 11 is 2.86. The molecule has 126 valence electrons. The van der Waals surface area contributed by atoms with E-state index in [4.69, 9.17) is 0 Å². The highest BCUT2D eigenvalue weighted by molar-refractivity contribution is 9.10. The highest BCUT2D eigenvalue weighted by Crippen LogP contribution is 2.49. The molecule has 2 N–H and O–H groups in total. The van der Waals surface area contributed by atoms with Gasteiger partial charge < -0.3 is 15.1 Å². The highest BCUT2D eigenvalue weighted by atomic mass is 79.9. The van der Waals surface area contributed by atoms with Crippen LogP contribution in [0.4, 0.5) is 18.9 Å². The van der Waals surface area contributed by atoms with Crippen molar-refractivity contribution in [1.29, 1.82) is 0 Å². The lowest BCUT2D eigenvalue weighted by molar-refractivity contribution is -0.138. The number of alkyl halides is 3. The molecule has 1 fully saturated rings. The van der Waals surface area contributed by atoms with Gasteiger partial charge in [0.05, 0.1) is 26.2 Å². The van der Waals surface area contributed by atoms with Gasteiger partial charge in [0.25, 0.3) is 0 Å².